The molecule has 0 amide bonds. The molecule has 0 fully saturated rings. The highest BCUT2D eigenvalue weighted by molar-refractivity contribution is 5.27. The first-order valence-corrected chi connectivity index (χ1v) is 4.88. The number of nitrogens with zero attached hydrogens (tertiary/aromatic N) is 3. The summed E-state index contributed by atoms with van der Waals surface area (Å²) in [6, 6.07) is 5.77. The van der Waals surface area contributed by atoms with Crippen LogP contribution in [0.4, 0.5) is 5.95 Å². The van der Waals surface area contributed by atoms with E-state index in [0.29, 0.717) is 18.2 Å². The summed E-state index contributed by atoms with van der Waals surface area (Å²) in [4.78, 5) is 12.4. The average Bonchev–Trinajstić information content (AvgIpc) is 2.38. The second kappa shape index (κ2) is 5.06. The smallest absolute Gasteiger partial charge is 0.223 e. The number of methoxy groups -OCH3 is 1. The molecule has 5 nitrogen and oxygen atoms in total. The third-order valence-corrected chi connectivity index (χ3v) is 2.02. The largest absolute Gasteiger partial charge is 0.494 e. The minimum Gasteiger partial charge on any atom is -0.494 e. The van der Waals surface area contributed by atoms with Crippen molar-refractivity contribution in [1.82, 2.24) is 15.0 Å². The molecule has 16 heavy (non-hydrogen) atoms. The molecule has 0 atom stereocenters. The van der Waals surface area contributed by atoms with Crippen molar-refractivity contribution in [3.05, 3.63) is 42.5 Å². The van der Waals surface area contributed by atoms with Crippen molar-refractivity contribution >= 4 is 5.95 Å². The van der Waals surface area contributed by atoms with Crippen LogP contribution in [-0.2, 0) is 6.54 Å². The topological polar surface area (TPSA) is 59.9 Å². The summed E-state index contributed by atoms with van der Waals surface area (Å²) in [5, 5.41) is 3.07. The van der Waals surface area contributed by atoms with E-state index in [1.54, 1.807) is 25.7 Å². The van der Waals surface area contributed by atoms with E-state index in [4.69, 9.17) is 4.74 Å². The van der Waals surface area contributed by atoms with E-state index >= 15 is 0 Å². The molecule has 2 aromatic heterocycles. The maximum absolute atomic E-state index is 4.97. The van der Waals surface area contributed by atoms with E-state index in [9.17, 15) is 0 Å². The zero-order valence-electron chi connectivity index (χ0n) is 8.92. The van der Waals surface area contributed by atoms with Crippen LogP contribution in [0.25, 0.3) is 0 Å². The van der Waals surface area contributed by atoms with Gasteiger partial charge in [-0.15, -0.1) is 0 Å². The van der Waals surface area contributed by atoms with Gasteiger partial charge in [0, 0.05) is 6.20 Å². The molecule has 2 rings (SSSR count). The van der Waals surface area contributed by atoms with E-state index in [-0.39, 0.29) is 0 Å². The van der Waals surface area contributed by atoms with Gasteiger partial charge in [0.1, 0.15) is 0 Å². The molecule has 2 aromatic rings. The van der Waals surface area contributed by atoms with Crippen molar-refractivity contribution in [1.29, 1.82) is 0 Å². The number of hydrogen-bond acceptors (Lipinski definition) is 5. The van der Waals surface area contributed by atoms with E-state index in [2.05, 4.69) is 20.3 Å². The third kappa shape index (κ3) is 2.66. The normalized spacial score (nSPS) is 9.81. The Kier molecular flexibility index (Phi) is 3.28. The molecule has 0 aromatic carbocycles. The Bertz CT molecular complexity index is 429. The molecule has 5 heteroatoms. The van der Waals surface area contributed by atoms with Gasteiger partial charge in [-0.05, 0) is 12.1 Å². The summed E-state index contributed by atoms with van der Waals surface area (Å²) in [5.41, 5.74) is 0.946. The molecule has 2 heterocycles. The first-order valence-electron chi connectivity index (χ1n) is 4.88. The fraction of sp³-hybridized carbons (Fsp3) is 0.182. The second-order valence-electron chi connectivity index (χ2n) is 3.12. The van der Waals surface area contributed by atoms with Crippen LogP contribution in [0.2, 0.25) is 0 Å². The maximum Gasteiger partial charge on any atom is 0.223 e. The summed E-state index contributed by atoms with van der Waals surface area (Å²) >= 11 is 0. The van der Waals surface area contributed by atoms with Crippen LogP contribution in [0, 0.1) is 0 Å². The molecule has 82 valence electrons. The zero-order valence-corrected chi connectivity index (χ0v) is 8.92. The number of rotatable bonds is 4. The Hall–Kier alpha value is -2.17. The van der Waals surface area contributed by atoms with E-state index < -0.39 is 0 Å². The summed E-state index contributed by atoms with van der Waals surface area (Å²) < 4.78 is 4.97. The van der Waals surface area contributed by atoms with Gasteiger partial charge in [-0.1, -0.05) is 6.07 Å². The van der Waals surface area contributed by atoms with Gasteiger partial charge in [-0.25, -0.2) is 9.97 Å². The number of aromatic nitrogens is 3. The van der Waals surface area contributed by atoms with Crippen LogP contribution >= 0.6 is 0 Å². The lowest BCUT2D eigenvalue weighted by molar-refractivity contribution is 0.411. The summed E-state index contributed by atoms with van der Waals surface area (Å²) in [7, 11) is 1.58. The Labute approximate surface area is 93.5 Å². The van der Waals surface area contributed by atoms with Crippen molar-refractivity contribution in [2.75, 3.05) is 12.4 Å². The first-order chi connectivity index (χ1) is 7.88. The number of ether oxygens (including phenoxy) is 1. The molecule has 0 spiro atoms. The molecule has 0 bridgehead atoms. The highest BCUT2D eigenvalue weighted by Gasteiger charge is 1.97. The Balaban J connectivity index is 1.94. The van der Waals surface area contributed by atoms with Gasteiger partial charge in [0.15, 0.2) is 5.75 Å². The fourth-order valence-electron chi connectivity index (χ4n) is 1.19. The lowest BCUT2D eigenvalue weighted by atomic mass is 10.3. The minimum absolute atomic E-state index is 0.562. The van der Waals surface area contributed by atoms with Gasteiger partial charge in [-0.3, -0.25) is 4.98 Å². The van der Waals surface area contributed by atoms with Crippen molar-refractivity contribution in [3.8, 4) is 5.75 Å². The summed E-state index contributed by atoms with van der Waals surface area (Å²) in [6.07, 6.45) is 4.99. The van der Waals surface area contributed by atoms with Crippen LogP contribution in [0.1, 0.15) is 5.69 Å². The van der Waals surface area contributed by atoms with Gasteiger partial charge in [0.25, 0.3) is 0 Å². The molecule has 0 saturated carbocycles. The predicted octanol–water partition coefficient (Wildman–Crippen LogP) is 1.49. The summed E-state index contributed by atoms with van der Waals surface area (Å²) in [6.45, 7) is 0.604. The molecule has 1 N–H and O–H groups in total. The maximum atomic E-state index is 4.97. The fourth-order valence-corrected chi connectivity index (χ4v) is 1.19. The number of hydrogen-bond donors (Lipinski definition) is 1. The highest BCUT2D eigenvalue weighted by Crippen LogP contribution is 2.07. The SMILES string of the molecule is COc1cnc(NCc2ccccn2)nc1. The van der Waals surface area contributed by atoms with Crippen LogP contribution < -0.4 is 10.1 Å². The molecule has 0 aliphatic rings. The van der Waals surface area contributed by atoms with Gasteiger partial charge in [0.05, 0.1) is 31.7 Å². The Morgan fingerprint density at radius 2 is 2.00 bits per heavy atom. The van der Waals surface area contributed by atoms with Crippen molar-refractivity contribution < 1.29 is 4.74 Å². The second-order valence-corrected chi connectivity index (χ2v) is 3.12. The highest BCUT2D eigenvalue weighted by atomic mass is 16.5. The van der Waals surface area contributed by atoms with Gasteiger partial charge in [-0.2, -0.15) is 0 Å². The standard InChI is InChI=1S/C11H12N4O/c1-16-10-7-14-11(15-8-10)13-6-9-4-2-3-5-12-9/h2-5,7-8H,6H2,1H3,(H,13,14,15). The number of anilines is 1. The predicted molar refractivity (Wildman–Crippen MR) is 60.1 cm³/mol. The molecule has 0 aliphatic heterocycles. The molecule has 0 radical (unpaired) electrons. The third-order valence-electron chi connectivity index (χ3n) is 2.02. The minimum atomic E-state index is 0.562. The van der Waals surface area contributed by atoms with Gasteiger partial charge < -0.3 is 10.1 Å². The van der Waals surface area contributed by atoms with Gasteiger partial charge >= 0.3 is 0 Å². The monoisotopic (exact) mass is 216 g/mol. The van der Waals surface area contributed by atoms with E-state index in [0.717, 1.165) is 5.69 Å². The Morgan fingerprint density at radius 3 is 2.62 bits per heavy atom. The molecular weight excluding hydrogens is 204 g/mol. The average molecular weight is 216 g/mol. The van der Waals surface area contributed by atoms with Crippen LogP contribution in [0.15, 0.2) is 36.8 Å². The molecular formula is C11H12N4O. The molecule has 0 unspecified atom stereocenters. The Morgan fingerprint density at radius 1 is 1.19 bits per heavy atom. The van der Waals surface area contributed by atoms with Crippen molar-refractivity contribution in [2.45, 2.75) is 6.54 Å². The van der Waals surface area contributed by atoms with Gasteiger partial charge in [0.2, 0.25) is 5.95 Å². The van der Waals surface area contributed by atoms with E-state index in [1.165, 1.54) is 0 Å². The van der Waals surface area contributed by atoms with Crippen molar-refractivity contribution in [3.63, 3.8) is 0 Å². The quantitative estimate of drug-likeness (QED) is 0.839. The van der Waals surface area contributed by atoms with Crippen molar-refractivity contribution in [2.24, 2.45) is 0 Å². The molecule has 0 saturated heterocycles. The van der Waals surface area contributed by atoms with Crippen LogP contribution in [-0.4, -0.2) is 22.1 Å². The van der Waals surface area contributed by atoms with Crippen LogP contribution in [0.3, 0.4) is 0 Å². The molecule has 0 aliphatic carbocycles. The lowest BCUT2D eigenvalue weighted by Crippen LogP contribution is -2.04. The number of pyridine rings is 1. The zero-order chi connectivity index (χ0) is 11.2. The lowest BCUT2D eigenvalue weighted by Gasteiger charge is -2.04. The first kappa shape index (κ1) is 10.4. The van der Waals surface area contributed by atoms with E-state index in [1.807, 2.05) is 18.2 Å². The summed E-state index contributed by atoms with van der Waals surface area (Å²) in [5.74, 6) is 1.20. The number of nitrogens with one attached hydrogen (secondary N) is 1. The van der Waals surface area contributed by atoms with Crippen LogP contribution in [0.5, 0.6) is 5.75 Å².